The van der Waals surface area contributed by atoms with E-state index >= 15 is 0 Å². The van der Waals surface area contributed by atoms with E-state index in [2.05, 4.69) is 26.1 Å². The molecular formula is C14H23ClNO+. The molecule has 96 valence electrons. The van der Waals surface area contributed by atoms with Crippen molar-refractivity contribution in [3.8, 4) is 5.75 Å². The number of unbranched alkanes of at least 4 members (excludes halogenated alkanes) is 1. The van der Waals surface area contributed by atoms with Crippen LogP contribution in [0.25, 0.3) is 0 Å². The van der Waals surface area contributed by atoms with Crippen LogP contribution < -0.4 is 10.1 Å². The summed E-state index contributed by atoms with van der Waals surface area (Å²) >= 11 is 5.99. The van der Waals surface area contributed by atoms with Gasteiger partial charge in [0, 0.05) is 0 Å². The molecule has 0 aliphatic rings. The summed E-state index contributed by atoms with van der Waals surface area (Å²) in [6.07, 6.45) is 2.24. The quantitative estimate of drug-likeness (QED) is 0.779. The molecule has 1 rings (SSSR count). The minimum Gasteiger partial charge on any atom is -0.492 e. The Morgan fingerprint density at radius 1 is 1.18 bits per heavy atom. The highest BCUT2D eigenvalue weighted by Gasteiger charge is 2.11. The average molecular weight is 257 g/mol. The largest absolute Gasteiger partial charge is 0.492 e. The summed E-state index contributed by atoms with van der Waals surface area (Å²) in [5, 5.41) is 3.05. The highest BCUT2D eigenvalue weighted by Crippen LogP contribution is 2.23. The van der Waals surface area contributed by atoms with Crippen LogP contribution in [0.3, 0.4) is 0 Å². The van der Waals surface area contributed by atoms with Crippen molar-refractivity contribution in [1.82, 2.24) is 0 Å². The summed E-state index contributed by atoms with van der Waals surface area (Å²) in [4.78, 5) is 0. The molecular weight excluding hydrogens is 234 g/mol. The SMILES string of the molecule is CC(C)(C)[NH2+]CCCCOc1ccccc1Cl. The number of para-hydroxylation sites is 1. The molecule has 2 nitrogen and oxygen atoms in total. The molecule has 0 spiro atoms. The van der Waals surface area contributed by atoms with Crippen LogP contribution in [0, 0.1) is 0 Å². The Morgan fingerprint density at radius 3 is 2.53 bits per heavy atom. The van der Waals surface area contributed by atoms with E-state index < -0.39 is 0 Å². The lowest BCUT2D eigenvalue weighted by atomic mass is 10.1. The normalized spacial score (nSPS) is 11.5. The maximum Gasteiger partial charge on any atom is 0.137 e. The lowest BCUT2D eigenvalue weighted by molar-refractivity contribution is -0.717. The van der Waals surface area contributed by atoms with Crippen molar-refractivity contribution in [2.75, 3.05) is 13.2 Å². The Bertz CT molecular complexity index is 333. The standard InChI is InChI=1S/C14H22ClNO/c1-14(2,3)16-10-6-7-11-17-13-9-5-4-8-12(13)15/h4-5,8-9,16H,6-7,10-11H2,1-3H3/p+1. The second kappa shape index (κ2) is 6.87. The second-order valence-electron chi connectivity index (χ2n) is 5.34. The van der Waals surface area contributed by atoms with Crippen LogP contribution in [0.1, 0.15) is 33.6 Å². The Hall–Kier alpha value is -0.730. The molecule has 17 heavy (non-hydrogen) atoms. The number of hydrogen-bond acceptors (Lipinski definition) is 1. The fourth-order valence-electron chi connectivity index (χ4n) is 1.53. The first-order valence-electron chi connectivity index (χ1n) is 6.21. The van der Waals surface area contributed by atoms with Crippen molar-refractivity contribution in [2.45, 2.75) is 39.2 Å². The predicted molar refractivity (Wildman–Crippen MR) is 72.7 cm³/mol. The average Bonchev–Trinajstić information content (AvgIpc) is 2.24. The van der Waals surface area contributed by atoms with Crippen LogP contribution >= 0.6 is 11.6 Å². The number of nitrogens with two attached hydrogens (primary N) is 1. The fraction of sp³-hybridized carbons (Fsp3) is 0.571. The molecule has 0 bridgehead atoms. The van der Waals surface area contributed by atoms with Gasteiger partial charge in [-0.05, 0) is 45.7 Å². The maximum absolute atomic E-state index is 5.99. The summed E-state index contributed by atoms with van der Waals surface area (Å²) in [6, 6.07) is 7.61. The third-order valence-electron chi connectivity index (χ3n) is 2.45. The molecule has 0 heterocycles. The van der Waals surface area contributed by atoms with Gasteiger partial charge in [0.25, 0.3) is 0 Å². The van der Waals surface area contributed by atoms with Crippen molar-refractivity contribution >= 4 is 11.6 Å². The van der Waals surface area contributed by atoms with Gasteiger partial charge in [-0.2, -0.15) is 0 Å². The number of hydrogen-bond donors (Lipinski definition) is 1. The lowest BCUT2D eigenvalue weighted by Gasteiger charge is -2.16. The number of rotatable bonds is 6. The molecule has 0 radical (unpaired) electrons. The van der Waals surface area contributed by atoms with Crippen LogP contribution in [-0.4, -0.2) is 18.7 Å². The molecule has 0 aliphatic carbocycles. The van der Waals surface area contributed by atoms with Gasteiger partial charge in [-0.1, -0.05) is 23.7 Å². The van der Waals surface area contributed by atoms with Crippen LogP contribution in [0.2, 0.25) is 5.02 Å². The predicted octanol–water partition coefficient (Wildman–Crippen LogP) is 2.86. The minimum absolute atomic E-state index is 0.323. The Morgan fingerprint density at radius 2 is 1.88 bits per heavy atom. The highest BCUT2D eigenvalue weighted by atomic mass is 35.5. The number of quaternary nitrogens is 1. The lowest BCUT2D eigenvalue weighted by Crippen LogP contribution is -2.94. The van der Waals surface area contributed by atoms with E-state index in [-0.39, 0.29) is 0 Å². The summed E-state index contributed by atoms with van der Waals surface area (Å²) in [6.45, 7) is 8.57. The van der Waals surface area contributed by atoms with Gasteiger partial charge in [-0.15, -0.1) is 0 Å². The summed E-state index contributed by atoms with van der Waals surface area (Å²) in [7, 11) is 0. The first kappa shape index (κ1) is 14.3. The third kappa shape index (κ3) is 6.54. The van der Waals surface area contributed by atoms with Gasteiger partial charge in [-0.3, -0.25) is 0 Å². The first-order valence-corrected chi connectivity index (χ1v) is 6.58. The van der Waals surface area contributed by atoms with Gasteiger partial charge in [0.2, 0.25) is 0 Å². The Labute approximate surface area is 109 Å². The first-order chi connectivity index (χ1) is 7.99. The highest BCUT2D eigenvalue weighted by molar-refractivity contribution is 6.32. The molecule has 2 N–H and O–H groups in total. The summed E-state index contributed by atoms with van der Waals surface area (Å²) < 4.78 is 5.62. The zero-order valence-corrected chi connectivity index (χ0v) is 11.8. The van der Waals surface area contributed by atoms with Gasteiger partial charge >= 0.3 is 0 Å². The smallest absolute Gasteiger partial charge is 0.137 e. The van der Waals surface area contributed by atoms with E-state index in [4.69, 9.17) is 16.3 Å². The van der Waals surface area contributed by atoms with E-state index in [1.165, 1.54) is 6.42 Å². The van der Waals surface area contributed by atoms with Crippen molar-refractivity contribution < 1.29 is 10.1 Å². The van der Waals surface area contributed by atoms with Crippen molar-refractivity contribution in [3.05, 3.63) is 29.3 Å². The summed E-state index contributed by atoms with van der Waals surface area (Å²) in [5.41, 5.74) is 0.323. The van der Waals surface area contributed by atoms with E-state index in [0.717, 1.165) is 25.3 Å². The van der Waals surface area contributed by atoms with Crippen molar-refractivity contribution in [2.24, 2.45) is 0 Å². The number of ether oxygens (including phenoxy) is 1. The van der Waals surface area contributed by atoms with E-state index in [9.17, 15) is 0 Å². The van der Waals surface area contributed by atoms with Gasteiger partial charge in [0.1, 0.15) is 5.75 Å². The van der Waals surface area contributed by atoms with Gasteiger partial charge in [0.15, 0.2) is 0 Å². The molecule has 0 amide bonds. The van der Waals surface area contributed by atoms with E-state index in [1.807, 2.05) is 24.3 Å². The zero-order valence-electron chi connectivity index (χ0n) is 11.0. The molecule has 0 saturated heterocycles. The van der Waals surface area contributed by atoms with E-state index in [0.29, 0.717) is 10.6 Å². The molecule has 0 atom stereocenters. The number of benzene rings is 1. The Kier molecular flexibility index (Phi) is 5.79. The second-order valence-corrected chi connectivity index (χ2v) is 5.75. The van der Waals surface area contributed by atoms with Crippen LogP contribution in [-0.2, 0) is 0 Å². The van der Waals surface area contributed by atoms with Gasteiger partial charge < -0.3 is 10.1 Å². The van der Waals surface area contributed by atoms with Crippen LogP contribution in [0.4, 0.5) is 0 Å². The Balaban J connectivity index is 2.11. The fourth-order valence-corrected chi connectivity index (χ4v) is 1.72. The molecule has 3 heteroatoms. The van der Waals surface area contributed by atoms with Gasteiger partial charge in [-0.25, -0.2) is 0 Å². The molecule has 0 saturated carbocycles. The monoisotopic (exact) mass is 256 g/mol. The van der Waals surface area contributed by atoms with Gasteiger partial charge in [0.05, 0.1) is 23.7 Å². The zero-order chi connectivity index (χ0) is 12.7. The maximum atomic E-state index is 5.99. The van der Waals surface area contributed by atoms with Crippen LogP contribution in [0.15, 0.2) is 24.3 Å². The molecule has 0 aromatic heterocycles. The molecule has 1 aromatic carbocycles. The molecule has 0 fully saturated rings. The van der Waals surface area contributed by atoms with Crippen molar-refractivity contribution in [1.29, 1.82) is 0 Å². The van der Waals surface area contributed by atoms with Crippen LogP contribution in [0.5, 0.6) is 5.75 Å². The topological polar surface area (TPSA) is 25.8 Å². The summed E-state index contributed by atoms with van der Waals surface area (Å²) in [5.74, 6) is 0.786. The molecule has 0 aliphatic heterocycles. The third-order valence-corrected chi connectivity index (χ3v) is 2.76. The number of halogens is 1. The molecule has 1 aromatic rings. The van der Waals surface area contributed by atoms with Crippen molar-refractivity contribution in [3.63, 3.8) is 0 Å². The minimum atomic E-state index is 0.323. The molecule has 0 unspecified atom stereocenters. The van der Waals surface area contributed by atoms with E-state index in [1.54, 1.807) is 0 Å².